The Labute approximate surface area is 142 Å². The summed E-state index contributed by atoms with van der Waals surface area (Å²) in [5.41, 5.74) is 2.00. The second-order valence-electron chi connectivity index (χ2n) is 5.76. The van der Waals surface area contributed by atoms with Gasteiger partial charge in [0.25, 0.3) is 0 Å². The van der Waals surface area contributed by atoms with E-state index in [4.69, 9.17) is 0 Å². The minimum atomic E-state index is -3.66. The molecule has 124 valence electrons. The molecule has 0 amide bonds. The molecule has 0 radical (unpaired) electrons. The Morgan fingerprint density at radius 3 is 2.12 bits per heavy atom. The molecule has 1 N–H and O–H groups in total. The van der Waals surface area contributed by atoms with E-state index < -0.39 is 10.0 Å². The molecule has 0 atom stereocenters. The summed E-state index contributed by atoms with van der Waals surface area (Å²) < 4.78 is 29.7. The van der Waals surface area contributed by atoms with E-state index in [1.807, 2.05) is 60.7 Å². The molecule has 0 saturated carbocycles. The first-order valence-electron chi connectivity index (χ1n) is 7.70. The lowest BCUT2D eigenvalue weighted by atomic mass is 10.2. The molecule has 1 heterocycles. The molecule has 0 unspecified atom stereocenters. The number of rotatable bonds is 5. The van der Waals surface area contributed by atoms with Gasteiger partial charge in [-0.2, -0.15) is 5.10 Å². The Hall–Kier alpha value is -2.44. The molecule has 5 nitrogen and oxygen atoms in total. The molecule has 0 spiro atoms. The van der Waals surface area contributed by atoms with Crippen molar-refractivity contribution in [2.45, 2.75) is 24.8 Å². The van der Waals surface area contributed by atoms with Crippen molar-refractivity contribution in [1.82, 2.24) is 14.5 Å². The molecule has 1 aromatic heterocycles. The van der Waals surface area contributed by atoms with Crippen molar-refractivity contribution < 1.29 is 8.42 Å². The Balaban J connectivity index is 2.18. The van der Waals surface area contributed by atoms with Crippen LogP contribution >= 0.6 is 0 Å². The Bertz CT molecular complexity index is 917. The Morgan fingerprint density at radius 1 is 0.958 bits per heavy atom. The van der Waals surface area contributed by atoms with E-state index in [1.54, 1.807) is 24.7 Å². The van der Waals surface area contributed by atoms with Gasteiger partial charge in [-0.1, -0.05) is 48.5 Å². The van der Waals surface area contributed by atoms with Crippen LogP contribution in [0.5, 0.6) is 0 Å². The second-order valence-corrected chi connectivity index (χ2v) is 7.45. The van der Waals surface area contributed by atoms with Crippen LogP contribution in [-0.4, -0.2) is 24.2 Å². The van der Waals surface area contributed by atoms with Crippen molar-refractivity contribution in [2.75, 3.05) is 0 Å². The van der Waals surface area contributed by atoms with Crippen LogP contribution in [0.4, 0.5) is 0 Å². The van der Waals surface area contributed by atoms with Gasteiger partial charge in [0.05, 0.1) is 11.9 Å². The molecule has 0 aliphatic carbocycles. The van der Waals surface area contributed by atoms with Crippen LogP contribution in [0.15, 0.2) is 71.8 Å². The van der Waals surface area contributed by atoms with Gasteiger partial charge in [0.2, 0.25) is 10.0 Å². The summed E-state index contributed by atoms with van der Waals surface area (Å²) in [4.78, 5) is 0.172. The van der Waals surface area contributed by atoms with E-state index in [0.29, 0.717) is 5.69 Å². The summed E-state index contributed by atoms with van der Waals surface area (Å²) in [5.74, 6) is 0. The molecule has 6 heteroatoms. The molecule has 3 aromatic rings. The van der Waals surface area contributed by atoms with Gasteiger partial charge >= 0.3 is 0 Å². The lowest BCUT2D eigenvalue weighted by molar-refractivity contribution is 0.570. The van der Waals surface area contributed by atoms with Crippen molar-refractivity contribution in [2.24, 2.45) is 0 Å². The van der Waals surface area contributed by atoms with E-state index in [1.165, 1.54) is 0 Å². The van der Waals surface area contributed by atoms with E-state index in [9.17, 15) is 8.42 Å². The summed E-state index contributed by atoms with van der Waals surface area (Å²) in [5, 5.41) is 4.52. The first kappa shape index (κ1) is 16.4. The zero-order chi connectivity index (χ0) is 17.2. The van der Waals surface area contributed by atoms with Gasteiger partial charge in [-0.3, -0.25) is 0 Å². The number of sulfonamides is 1. The van der Waals surface area contributed by atoms with Crippen LogP contribution in [-0.2, 0) is 10.0 Å². The van der Waals surface area contributed by atoms with Gasteiger partial charge in [-0.15, -0.1) is 0 Å². The maximum Gasteiger partial charge on any atom is 0.244 e. The number of hydrogen-bond acceptors (Lipinski definition) is 3. The number of nitrogens with one attached hydrogen (secondary N) is 1. The predicted molar refractivity (Wildman–Crippen MR) is 94.5 cm³/mol. The van der Waals surface area contributed by atoms with Crippen LogP contribution in [0.3, 0.4) is 0 Å². The first-order valence-corrected chi connectivity index (χ1v) is 9.18. The predicted octanol–water partition coefficient (Wildman–Crippen LogP) is 3.23. The lowest BCUT2D eigenvalue weighted by Crippen LogP contribution is -2.30. The third-order valence-electron chi connectivity index (χ3n) is 3.43. The summed E-state index contributed by atoms with van der Waals surface area (Å²) in [7, 11) is -3.66. The highest BCUT2D eigenvalue weighted by molar-refractivity contribution is 7.89. The highest BCUT2D eigenvalue weighted by Gasteiger charge is 2.24. The average molecular weight is 341 g/mol. The lowest BCUT2D eigenvalue weighted by Gasteiger charge is -2.09. The molecule has 0 aliphatic heterocycles. The third kappa shape index (κ3) is 3.39. The third-order valence-corrected chi connectivity index (χ3v) is 5.09. The fourth-order valence-corrected chi connectivity index (χ4v) is 3.84. The summed E-state index contributed by atoms with van der Waals surface area (Å²) in [6.07, 6.45) is 1.56. The maximum atomic E-state index is 12.7. The van der Waals surface area contributed by atoms with Crippen LogP contribution in [0, 0.1) is 0 Å². The van der Waals surface area contributed by atoms with Gasteiger partial charge in [0, 0.05) is 11.6 Å². The van der Waals surface area contributed by atoms with E-state index in [0.717, 1.165) is 11.3 Å². The average Bonchev–Trinajstić information content (AvgIpc) is 3.02. The maximum absolute atomic E-state index is 12.7. The number of nitrogens with zero attached hydrogens (tertiary/aromatic N) is 2. The van der Waals surface area contributed by atoms with Crippen molar-refractivity contribution in [1.29, 1.82) is 0 Å². The van der Waals surface area contributed by atoms with E-state index >= 15 is 0 Å². The van der Waals surface area contributed by atoms with Crippen molar-refractivity contribution in [3.8, 4) is 16.9 Å². The van der Waals surface area contributed by atoms with Crippen LogP contribution in [0.2, 0.25) is 0 Å². The van der Waals surface area contributed by atoms with Crippen molar-refractivity contribution >= 4 is 10.0 Å². The Kier molecular flexibility index (Phi) is 4.51. The minimum Gasteiger partial charge on any atom is -0.239 e. The van der Waals surface area contributed by atoms with Gasteiger partial charge in [0.1, 0.15) is 10.6 Å². The summed E-state index contributed by atoms with van der Waals surface area (Å²) in [6, 6.07) is 18.6. The van der Waals surface area contributed by atoms with Gasteiger partial charge in [-0.25, -0.2) is 17.8 Å². The number of aromatic nitrogens is 2. The smallest absolute Gasteiger partial charge is 0.239 e. The molecular weight excluding hydrogens is 322 g/mol. The quantitative estimate of drug-likeness (QED) is 0.775. The fourth-order valence-electron chi connectivity index (χ4n) is 2.44. The zero-order valence-corrected chi connectivity index (χ0v) is 14.4. The number of benzene rings is 2. The largest absolute Gasteiger partial charge is 0.244 e. The molecule has 24 heavy (non-hydrogen) atoms. The normalized spacial score (nSPS) is 11.8. The molecule has 3 rings (SSSR count). The highest BCUT2D eigenvalue weighted by atomic mass is 32.2. The second kappa shape index (κ2) is 6.59. The fraction of sp³-hybridized carbons (Fsp3) is 0.167. The van der Waals surface area contributed by atoms with Crippen LogP contribution < -0.4 is 4.72 Å². The molecule has 2 aromatic carbocycles. The molecule has 0 fully saturated rings. The Morgan fingerprint density at radius 2 is 1.54 bits per heavy atom. The summed E-state index contributed by atoms with van der Waals surface area (Å²) in [6.45, 7) is 3.59. The SMILES string of the molecule is CC(C)NS(=O)(=O)c1cn(-c2ccccc2)nc1-c1ccccc1. The number of para-hydroxylation sites is 1. The molecule has 0 saturated heterocycles. The molecule has 0 bridgehead atoms. The van der Waals surface area contributed by atoms with Crippen LogP contribution in [0.1, 0.15) is 13.8 Å². The van der Waals surface area contributed by atoms with Gasteiger partial charge in [0.15, 0.2) is 0 Å². The monoisotopic (exact) mass is 341 g/mol. The van der Waals surface area contributed by atoms with Gasteiger partial charge in [-0.05, 0) is 26.0 Å². The van der Waals surface area contributed by atoms with Crippen LogP contribution in [0.25, 0.3) is 16.9 Å². The minimum absolute atomic E-state index is 0.172. The van der Waals surface area contributed by atoms with Gasteiger partial charge < -0.3 is 0 Å². The first-order chi connectivity index (χ1) is 11.5. The standard InChI is InChI=1S/C18H19N3O2S/c1-14(2)20-24(22,23)17-13-21(16-11-7-4-8-12-16)19-18(17)15-9-5-3-6-10-15/h3-14,20H,1-2H3. The van der Waals surface area contributed by atoms with E-state index in [-0.39, 0.29) is 10.9 Å². The zero-order valence-electron chi connectivity index (χ0n) is 13.5. The number of hydrogen-bond donors (Lipinski definition) is 1. The molecular formula is C18H19N3O2S. The highest BCUT2D eigenvalue weighted by Crippen LogP contribution is 2.27. The topological polar surface area (TPSA) is 64.0 Å². The van der Waals surface area contributed by atoms with Crippen molar-refractivity contribution in [3.63, 3.8) is 0 Å². The van der Waals surface area contributed by atoms with Crippen molar-refractivity contribution in [3.05, 3.63) is 66.9 Å². The van der Waals surface area contributed by atoms with E-state index in [2.05, 4.69) is 9.82 Å². The summed E-state index contributed by atoms with van der Waals surface area (Å²) >= 11 is 0. The molecule has 0 aliphatic rings.